The van der Waals surface area contributed by atoms with Crippen molar-refractivity contribution in [3.63, 3.8) is 0 Å². The molecule has 0 saturated heterocycles. The minimum atomic E-state index is 0.750. The molecule has 0 bridgehead atoms. The van der Waals surface area contributed by atoms with Crippen LogP contribution in [0.25, 0.3) is 17.1 Å². The SMILES string of the molecule is Cc1cc(C)n(-c2ccc(-c3ccsc3)nn2)n1. The standard InChI is InChI=1S/C13H12N4S/c1-9-7-10(2)17(16-9)13-4-3-12(14-15-13)11-5-6-18-8-11/h3-8H,1-2H3. The van der Waals surface area contributed by atoms with Gasteiger partial charge in [-0.3, -0.25) is 0 Å². The van der Waals surface area contributed by atoms with Crippen LogP contribution in [0.2, 0.25) is 0 Å². The number of hydrogen-bond acceptors (Lipinski definition) is 4. The molecule has 5 heteroatoms. The average molecular weight is 256 g/mol. The molecule has 0 aliphatic rings. The fourth-order valence-electron chi connectivity index (χ4n) is 1.86. The van der Waals surface area contributed by atoms with Gasteiger partial charge in [0.05, 0.1) is 11.4 Å². The molecule has 0 atom stereocenters. The molecule has 0 unspecified atom stereocenters. The second-order valence-electron chi connectivity index (χ2n) is 4.13. The molecule has 4 nitrogen and oxygen atoms in total. The Bertz CT molecular complexity index is 653. The van der Waals surface area contributed by atoms with Gasteiger partial charge in [0.2, 0.25) is 0 Å². The predicted octanol–water partition coefficient (Wildman–Crippen LogP) is 3.01. The molecule has 0 aliphatic carbocycles. The molecule has 18 heavy (non-hydrogen) atoms. The molecule has 0 fully saturated rings. The van der Waals surface area contributed by atoms with E-state index in [-0.39, 0.29) is 0 Å². The van der Waals surface area contributed by atoms with Crippen LogP contribution in [0.15, 0.2) is 35.0 Å². The van der Waals surface area contributed by atoms with Crippen molar-refractivity contribution < 1.29 is 0 Å². The normalized spacial score (nSPS) is 10.8. The van der Waals surface area contributed by atoms with Gasteiger partial charge >= 0.3 is 0 Å². The maximum Gasteiger partial charge on any atom is 0.175 e. The van der Waals surface area contributed by atoms with Gasteiger partial charge in [-0.1, -0.05) is 0 Å². The fraction of sp³-hybridized carbons (Fsp3) is 0.154. The molecule has 3 aromatic rings. The Kier molecular flexibility index (Phi) is 2.68. The summed E-state index contributed by atoms with van der Waals surface area (Å²) in [4.78, 5) is 0. The Hall–Kier alpha value is -2.01. The Morgan fingerprint density at radius 2 is 2.00 bits per heavy atom. The highest BCUT2D eigenvalue weighted by molar-refractivity contribution is 7.08. The van der Waals surface area contributed by atoms with E-state index in [4.69, 9.17) is 0 Å². The fourth-order valence-corrected chi connectivity index (χ4v) is 2.51. The maximum absolute atomic E-state index is 4.39. The maximum atomic E-state index is 4.39. The topological polar surface area (TPSA) is 43.6 Å². The smallest absolute Gasteiger partial charge is 0.175 e. The molecule has 0 spiro atoms. The minimum absolute atomic E-state index is 0.750. The van der Waals surface area contributed by atoms with Crippen molar-refractivity contribution in [3.8, 4) is 17.1 Å². The molecular formula is C13H12N4S. The number of rotatable bonds is 2. The van der Waals surface area contributed by atoms with E-state index in [1.54, 1.807) is 16.0 Å². The summed E-state index contributed by atoms with van der Waals surface area (Å²) >= 11 is 1.66. The van der Waals surface area contributed by atoms with Crippen molar-refractivity contribution in [1.29, 1.82) is 0 Å². The van der Waals surface area contributed by atoms with Gasteiger partial charge in [0.25, 0.3) is 0 Å². The number of thiophene rings is 1. The van der Waals surface area contributed by atoms with Crippen molar-refractivity contribution in [2.24, 2.45) is 0 Å². The zero-order valence-electron chi connectivity index (χ0n) is 10.2. The molecule has 0 saturated carbocycles. The van der Waals surface area contributed by atoms with E-state index in [1.807, 2.05) is 43.5 Å². The van der Waals surface area contributed by atoms with Crippen molar-refractivity contribution >= 4 is 11.3 Å². The van der Waals surface area contributed by atoms with E-state index in [0.29, 0.717) is 0 Å². The third-order valence-corrected chi connectivity index (χ3v) is 3.38. The molecule has 90 valence electrons. The van der Waals surface area contributed by atoms with Crippen LogP contribution in [0.1, 0.15) is 11.4 Å². The van der Waals surface area contributed by atoms with Gasteiger partial charge in [-0.2, -0.15) is 16.4 Å². The van der Waals surface area contributed by atoms with Crippen LogP contribution < -0.4 is 0 Å². The summed E-state index contributed by atoms with van der Waals surface area (Å²) in [5.41, 5.74) is 4.04. The average Bonchev–Trinajstić information content (AvgIpc) is 2.99. The van der Waals surface area contributed by atoms with E-state index in [9.17, 15) is 0 Å². The van der Waals surface area contributed by atoms with Crippen molar-refractivity contribution in [1.82, 2.24) is 20.0 Å². The van der Waals surface area contributed by atoms with Crippen LogP contribution in [0.5, 0.6) is 0 Å². The molecule has 3 aromatic heterocycles. The van der Waals surface area contributed by atoms with Crippen molar-refractivity contribution in [2.75, 3.05) is 0 Å². The van der Waals surface area contributed by atoms with Crippen LogP contribution in [-0.2, 0) is 0 Å². The van der Waals surface area contributed by atoms with Crippen molar-refractivity contribution in [3.05, 3.63) is 46.4 Å². The highest BCUT2D eigenvalue weighted by Crippen LogP contribution is 2.19. The molecule has 0 radical (unpaired) electrons. The number of aryl methyl sites for hydroxylation is 2. The Balaban J connectivity index is 1.99. The lowest BCUT2D eigenvalue weighted by molar-refractivity contribution is 0.783. The summed E-state index contributed by atoms with van der Waals surface area (Å²) < 4.78 is 1.81. The van der Waals surface area contributed by atoms with Gasteiger partial charge in [-0.25, -0.2) is 4.68 Å². The second kappa shape index (κ2) is 4.34. The highest BCUT2D eigenvalue weighted by atomic mass is 32.1. The minimum Gasteiger partial charge on any atom is -0.218 e. The molecule has 0 N–H and O–H groups in total. The molecule has 0 aliphatic heterocycles. The zero-order chi connectivity index (χ0) is 12.5. The largest absolute Gasteiger partial charge is 0.218 e. The first-order chi connectivity index (χ1) is 8.74. The van der Waals surface area contributed by atoms with E-state index in [1.165, 1.54) is 0 Å². The highest BCUT2D eigenvalue weighted by Gasteiger charge is 2.06. The van der Waals surface area contributed by atoms with Crippen LogP contribution in [-0.4, -0.2) is 20.0 Å². The molecular weight excluding hydrogens is 244 g/mol. The Morgan fingerprint density at radius 1 is 1.11 bits per heavy atom. The summed E-state index contributed by atoms with van der Waals surface area (Å²) in [5.74, 6) is 0.750. The Labute approximate surface area is 109 Å². The zero-order valence-corrected chi connectivity index (χ0v) is 11.0. The van der Waals surface area contributed by atoms with E-state index >= 15 is 0 Å². The molecule has 0 amide bonds. The van der Waals surface area contributed by atoms with E-state index < -0.39 is 0 Å². The van der Waals surface area contributed by atoms with E-state index in [2.05, 4.69) is 20.7 Å². The number of hydrogen-bond donors (Lipinski definition) is 0. The monoisotopic (exact) mass is 256 g/mol. The quantitative estimate of drug-likeness (QED) is 0.708. The predicted molar refractivity (Wildman–Crippen MR) is 71.9 cm³/mol. The third-order valence-electron chi connectivity index (χ3n) is 2.69. The summed E-state index contributed by atoms with van der Waals surface area (Å²) in [6, 6.07) is 7.98. The first kappa shape index (κ1) is 11.1. The van der Waals surface area contributed by atoms with Gasteiger partial charge in [-0.05, 0) is 43.5 Å². The Morgan fingerprint density at radius 3 is 2.56 bits per heavy atom. The van der Waals surface area contributed by atoms with Gasteiger partial charge < -0.3 is 0 Å². The van der Waals surface area contributed by atoms with Gasteiger partial charge in [-0.15, -0.1) is 10.2 Å². The van der Waals surface area contributed by atoms with Crippen LogP contribution >= 0.6 is 11.3 Å². The second-order valence-corrected chi connectivity index (χ2v) is 4.91. The van der Waals surface area contributed by atoms with Gasteiger partial charge in [0, 0.05) is 16.6 Å². The molecule has 3 rings (SSSR count). The van der Waals surface area contributed by atoms with Gasteiger partial charge in [0.15, 0.2) is 5.82 Å². The summed E-state index contributed by atoms with van der Waals surface area (Å²) in [7, 11) is 0. The van der Waals surface area contributed by atoms with Crippen LogP contribution in [0.4, 0.5) is 0 Å². The lowest BCUT2D eigenvalue weighted by Gasteiger charge is -2.02. The first-order valence-electron chi connectivity index (χ1n) is 5.64. The number of aromatic nitrogens is 4. The summed E-state index contributed by atoms with van der Waals surface area (Å²) in [6.07, 6.45) is 0. The third kappa shape index (κ3) is 1.93. The first-order valence-corrected chi connectivity index (χ1v) is 6.58. The lowest BCUT2D eigenvalue weighted by Crippen LogP contribution is -2.03. The van der Waals surface area contributed by atoms with Gasteiger partial charge in [0.1, 0.15) is 0 Å². The van der Waals surface area contributed by atoms with Crippen LogP contribution in [0.3, 0.4) is 0 Å². The molecule has 3 heterocycles. The molecule has 0 aromatic carbocycles. The summed E-state index contributed by atoms with van der Waals surface area (Å²) in [5, 5.41) is 17.0. The number of nitrogens with zero attached hydrogens (tertiary/aromatic N) is 4. The lowest BCUT2D eigenvalue weighted by atomic mass is 10.2. The van der Waals surface area contributed by atoms with E-state index in [0.717, 1.165) is 28.5 Å². The van der Waals surface area contributed by atoms with Crippen LogP contribution in [0, 0.1) is 13.8 Å². The summed E-state index contributed by atoms with van der Waals surface area (Å²) in [6.45, 7) is 3.98. The van der Waals surface area contributed by atoms with Crippen molar-refractivity contribution in [2.45, 2.75) is 13.8 Å².